The lowest BCUT2D eigenvalue weighted by molar-refractivity contribution is -0.384. The monoisotopic (exact) mass is 335 g/mol. The van der Waals surface area contributed by atoms with Crippen LogP contribution in [0.1, 0.15) is 24.4 Å². The van der Waals surface area contributed by atoms with Gasteiger partial charge in [0, 0.05) is 31.1 Å². The first-order chi connectivity index (χ1) is 11.2. The molecule has 1 aliphatic rings. The Morgan fingerprint density at radius 1 is 1.30 bits per heavy atom. The summed E-state index contributed by atoms with van der Waals surface area (Å²) in [4.78, 5) is 10.2. The van der Waals surface area contributed by atoms with Gasteiger partial charge in [-0.1, -0.05) is 23.9 Å². The molecule has 0 N–H and O–H groups in total. The fraction of sp³-hybridized carbons (Fsp3) is 0.500. The van der Waals surface area contributed by atoms with E-state index in [4.69, 9.17) is 4.74 Å². The van der Waals surface area contributed by atoms with E-state index in [1.807, 2.05) is 4.68 Å². The Hall–Kier alpha value is -2.00. The van der Waals surface area contributed by atoms with Gasteiger partial charge in [-0.2, -0.15) is 0 Å². The molecule has 9 heteroatoms. The molecule has 8 nitrogen and oxygen atoms in total. The van der Waals surface area contributed by atoms with Gasteiger partial charge in [-0.3, -0.25) is 10.1 Å². The van der Waals surface area contributed by atoms with Crippen LogP contribution in [0.3, 0.4) is 0 Å². The summed E-state index contributed by atoms with van der Waals surface area (Å²) in [5.74, 6) is 0.821. The van der Waals surface area contributed by atoms with Crippen LogP contribution in [-0.2, 0) is 11.2 Å². The maximum atomic E-state index is 10.6. The molecule has 2 aromatic rings. The zero-order valence-corrected chi connectivity index (χ0v) is 13.3. The van der Waals surface area contributed by atoms with E-state index in [-0.39, 0.29) is 10.6 Å². The second-order valence-electron chi connectivity index (χ2n) is 5.27. The predicted octanol–water partition coefficient (Wildman–Crippen LogP) is 2.27. The van der Waals surface area contributed by atoms with Crippen molar-refractivity contribution in [3.63, 3.8) is 0 Å². The van der Waals surface area contributed by atoms with Crippen LogP contribution < -0.4 is 0 Å². The number of hydrogen-bond donors (Lipinski definition) is 0. The van der Waals surface area contributed by atoms with Gasteiger partial charge in [0.1, 0.15) is 0 Å². The average Bonchev–Trinajstić information content (AvgIpc) is 3.05. The molecule has 1 aromatic heterocycles. The van der Waals surface area contributed by atoms with E-state index < -0.39 is 0 Å². The van der Waals surface area contributed by atoms with Crippen molar-refractivity contribution in [2.45, 2.75) is 30.5 Å². The van der Waals surface area contributed by atoms with Crippen LogP contribution in [-0.4, -0.2) is 44.1 Å². The maximum absolute atomic E-state index is 10.6. The predicted molar refractivity (Wildman–Crippen MR) is 84.4 cm³/mol. The Morgan fingerprint density at radius 3 is 2.74 bits per heavy atom. The topological polar surface area (TPSA) is 96.0 Å². The molecule has 1 aliphatic heterocycles. The van der Waals surface area contributed by atoms with Crippen molar-refractivity contribution >= 4 is 17.4 Å². The van der Waals surface area contributed by atoms with Gasteiger partial charge in [0.2, 0.25) is 5.16 Å². The highest BCUT2D eigenvalue weighted by Crippen LogP contribution is 2.25. The Bertz CT molecular complexity index is 655. The first-order valence-electron chi connectivity index (χ1n) is 7.46. The summed E-state index contributed by atoms with van der Waals surface area (Å²) >= 11 is 1.60. The van der Waals surface area contributed by atoms with E-state index >= 15 is 0 Å². The fourth-order valence-corrected chi connectivity index (χ4v) is 3.42. The lowest BCUT2D eigenvalue weighted by Crippen LogP contribution is -2.21. The molecule has 0 atom stereocenters. The summed E-state index contributed by atoms with van der Waals surface area (Å²) < 4.78 is 7.26. The van der Waals surface area contributed by atoms with Crippen molar-refractivity contribution in [1.82, 2.24) is 20.2 Å². The molecule has 0 amide bonds. The van der Waals surface area contributed by atoms with Crippen LogP contribution in [0, 0.1) is 10.1 Å². The molecule has 0 spiro atoms. The molecule has 0 bridgehead atoms. The minimum atomic E-state index is -0.388. The quantitative estimate of drug-likeness (QED) is 0.454. The summed E-state index contributed by atoms with van der Waals surface area (Å²) in [7, 11) is 0. The van der Waals surface area contributed by atoms with Crippen LogP contribution in [0.5, 0.6) is 0 Å². The Labute approximate surface area is 137 Å². The molecule has 0 saturated carbocycles. The molecular weight excluding hydrogens is 318 g/mol. The van der Waals surface area contributed by atoms with Crippen molar-refractivity contribution in [2.75, 3.05) is 19.0 Å². The number of nitro groups is 1. The lowest BCUT2D eigenvalue weighted by atomic mass is 10.1. The van der Waals surface area contributed by atoms with Gasteiger partial charge in [0.05, 0.1) is 11.0 Å². The summed E-state index contributed by atoms with van der Waals surface area (Å²) in [6.45, 7) is 1.49. The Kier molecular flexibility index (Phi) is 5.19. The molecule has 0 unspecified atom stereocenters. The molecule has 1 saturated heterocycles. The Morgan fingerprint density at radius 2 is 2.04 bits per heavy atom. The van der Waals surface area contributed by atoms with Crippen molar-refractivity contribution in [2.24, 2.45) is 0 Å². The normalized spacial score (nSPS) is 15.7. The number of rotatable bonds is 6. The lowest BCUT2D eigenvalue weighted by Gasteiger charge is -2.22. The third-order valence-corrected chi connectivity index (χ3v) is 4.70. The Balaban J connectivity index is 1.54. The molecule has 3 rings (SSSR count). The third-order valence-electron chi connectivity index (χ3n) is 3.77. The average molecular weight is 335 g/mol. The van der Waals surface area contributed by atoms with Gasteiger partial charge in [-0.05, 0) is 35.3 Å². The third kappa shape index (κ3) is 4.05. The van der Waals surface area contributed by atoms with E-state index in [1.54, 1.807) is 23.9 Å². The number of ether oxygens (including phenoxy) is 1. The van der Waals surface area contributed by atoms with Gasteiger partial charge in [-0.15, -0.1) is 5.10 Å². The largest absolute Gasteiger partial charge is 0.381 e. The minimum Gasteiger partial charge on any atom is -0.381 e. The number of non-ortho nitro benzene ring substituents is 1. The van der Waals surface area contributed by atoms with Gasteiger partial charge in [0.25, 0.3) is 5.69 Å². The standard InChI is InChI=1S/C14H17N5O3S/c20-19(21)13-3-1-11(2-4-13)7-10-23-14-15-16-17-18(14)12-5-8-22-9-6-12/h1-4,12H,5-10H2. The number of thioether (sulfide) groups is 1. The van der Waals surface area contributed by atoms with Crippen LogP contribution in [0.2, 0.25) is 0 Å². The number of nitro benzene ring substituents is 1. The van der Waals surface area contributed by atoms with E-state index in [0.717, 1.165) is 48.9 Å². The van der Waals surface area contributed by atoms with Gasteiger partial charge in [0.15, 0.2) is 0 Å². The maximum Gasteiger partial charge on any atom is 0.269 e. The molecule has 1 aromatic carbocycles. The number of tetrazole rings is 1. The number of nitrogens with zero attached hydrogens (tertiary/aromatic N) is 5. The van der Waals surface area contributed by atoms with Crippen molar-refractivity contribution in [3.05, 3.63) is 39.9 Å². The van der Waals surface area contributed by atoms with Crippen molar-refractivity contribution in [3.8, 4) is 0 Å². The second kappa shape index (κ2) is 7.51. The summed E-state index contributed by atoms with van der Waals surface area (Å²) in [5.41, 5.74) is 1.18. The van der Waals surface area contributed by atoms with Crippen molar-refractivity contribution < 1.29 is 9.66 Å². The van der Waals surface area contributed by atoms with Crippen LogP contribution in [0.4, 0.5) is 5.69 Å². The van der Waals surface area contributed by atoms with Crippen molar-refractivity contribution in [1.29, 1.82) is 0 Å². The van der Waals surface area contributed by atoms with Gasteiger partial charge < -0.3 is 4.74 Å². The van der Waals surface area contributed by atoms with E-state index in [9.17, 15) is 10.1 Å². The zero-order valence-electron chi connectivity index (χ0n) is 12.5. The molecule has 23 heavy (non-hydrogen) atoms. The van der Waals surface area contributed by atoms with E-state index in [1.165, 1.54) is 12.1 Å². The zero-order chi connectivity index (χ0) is 16.1. The molecule has 1 fully saturated rings. The number of aryl methyl sites for hydroxylation is 1. The molecule has 122 valence electrons. The van der Waals surface area contributed by atoms with Gasteiger partial charge in [-0.25, -0.2) is 4.68 Å². The molecular formula is C14H17N5O3S. The minimum absolute atomic E-state index is 0.116. The molecule has 2 heterocycles. The highest BCUT2D eigenvalue weighted by Gasteiger charge is 2.20. The summed E-state index contributed by atoms with van der Waals surface area (Å²) in [6.07, 6.45) is 2.67. The van der Waals surface area contributed by atoms with Crippen LogP contribution in [0.25, 0.3) is 0 Å². The highest BCUT2D eigenvalue weighted by atomic mass is 32.2. The smallest absolute Gasteiger partial charge is 0.269 e. The first kappa shape index (κ1) is 15.9. The highest BCUT2D eigenvalue weighted by molar-refractivity contribution is 7.99. The van der Waals surface area contributed by atoms with Gasteiger partial charge >= 0.3 is 0 Å². The first-order valence-corrected chi connectivity index (χ1v) is 8.44. The number of hydrogen-bond acceptors (Lipinski definition) is 7. The van der Waals surface area contributed by atoms with E-state index in [2.05, 4.69) is 15.5 Å². The fourth-order valence-electron chi connectivity index (χ4n) is 2.48. The summed E-state index contributed by atoms with van der Waals surface area (Å²) in [5, 5.41) is 23.4. The number of benzene rings is 1. The summed E-state index contributed by atoms with van der Waals surface area (Å²) in [6, 6.07) is 6.96. The van der Waals surface area contributed by atoms with Crippen LogP contribution >= 0.6 is 11.8 Å². The molecule has 0 aliphatic carbocycles. The van der Waals surface area contributed by atoms with Crippen LogP contribution in [0.15, 0.2) is 29.4 Å². The van der Waals surface area contributed by atoms with E-state index in [0.29, 0.717) is 6.04 Å². The SMILES string of the molecule is O=[N+]([O-])c1ccc(CCSc2nnnn2C2CCOCC2)cc1. The number of aromatic nitrogens is 4. The molecule has 0 radical (unpaired) electrons. The second-order valence-corrected chi connectivity index (χ2v) is 6.33.